The number of para-hydroxylation sites is 1. The van der Waals surface area contributed by atoms with E-state index in [1.165, 1.54) is 5.56 Å². The fourth-order valence-corrected chi connectivity index (χ4v) is 3.96. The Hall–Kier alpha value is -3.11. The first-order valence-corrected chi connectivity index (χ1v) is 10.1. The van der Waals surface area contributed by atoms with Crippen LogP contribution in [0.1, 0.15) is 40.2 Å². The van der Waals surface area contributed by atoms with E-state index in [1.807, 2.05) is 60.7 Å². The van der Waals surface area contributed by atoms with Crippen LogP contribution >= 0.6 is 0 Å². The number of likely N-dealkylation sites (tertiary alicyclic amines) is 1. The van der Waals surface area contributed by atoms with Gasteiger partial charge in [-0.05, 0) is 79.4 Å². The molecule has 2 N–H and O–H groups in total. The third-order valence-electron chi connectivity index (χ3n) is 5.58. The monoisotopic (exact) mass is 386 g/mol. The predicted octanol–water partition coefficient (Wildman–Crippen LogP) is 5.02. The van der Waals surface area contributed by atoms with E-state index < -0.39 is 0 Å². The fraction of sp³-hybridized carbons (Fsp3) is 0.240. The van der Waals surface area contributed by atoms with E-state index in [0.29, 0.717) is 17.2 Å². The molecule has 1 saturated heterocycles. The number of phenols is 1. The predicted molar refractivity (Wildman–Crippen MR) is 116 cm³/mol. The summed E-state index contributed by atoms with van der Waals surface area (Å²) in [5, 5.41) is 12.4. The Kier molecular flexibility index (Phi) is 5.92. The Labute approximate surface area is 171 Å². The minimum absolute atomic E-state index is 0.0795. The number of hydrogen-bond acceptors (Lipinski definition) is 3. The zero-order chi connectivity index (χ0) is 20.1. The summed E-state index contributed by atoms with van der Waals surface area (Å²) in [6, 6.07) is 25.0. The van der Waals surface area contributed by atoms with Crippen LogP contribution in [0, 0.1) is 0 Å². The van der Waals surface area contributed by atoms with E-state index in [4.69, 9.17) is 0 Å². The number of aromatic hydroxyl groups is 1. The first-order chi connectivity index (χ1) is 14.2. The number of amides is 1. The van der Waals surface area contributed by atoms with E-state index in [9.17, 15) is 9.90 Å². The number of hydrogen-bond donors (Lipinski definition) is 2. The van der Waals surface area contributed by atoms with Gasteiger partial charge < -0.3 is 10.4 Å². The zero-order valence-corrected chi connectivity index (χ0v) is 16.4. The molecular formula is C25H26N2O2. The Morgan fingerprint density at radius 2 is 1.66 bits per heavy atom. The molecule has 3 aromatic carbocycles. The van der Waals surface area contributed by atoms with Gasteiger partial charge in [0.2, 0.25) is 0 Å². The number of carbonyl (C=O) groups is 1. The summed E-state index contributed by atoms with van der Waals surface area (Å²) >= 11 is 0. The third kappa shape index (κ3) is 5.04. The topological polar surface area (TPSA) is 52.6 Å². The lowest BCUT2D eigenvalue weighted by Gasteiger charge is -2.32. The highest BCUT2D eigenvalue weighted by Crippen LogP contribution is 2.29. The second-order valence-corrected chi connectivity index (χ2v) is 7.66. The van der Waals surface area contributed by atoms with Gasteiger partial charge in [-0.2, -0.15) is 0 Å². The molecule has 0 atom stereocenters. The van der Waals surface area contributed by atoms with Crippen molar-refractivity contribution in [1.82, 2.24) is 4.90 Å². The van der Waals surface area contributed by atoms with Crippen LogP contribution in [0.5, 0.6) is 5.75 Å². The number of anilines is 1. The molecule has 0 saturated carbocycles. The molecule has 0 bridgehead atoms. The van der Waals surface area contributed by atoms with Crippen molar-refractivity contribution in [2.24, 2.45) is 0 Å². The molecule has 4 heteroatoms. The normalized spacial score (nSPS) is 15.2. The van der Waals surface area contributed by atoms with Crippen LogP contribution in [0.4, 0.5) is 5.69 Å². The number of benzene rings is 3. The number of phenolic OH excluding ortho intramolecular Hbond substituents is 1. The third-order valence-corrected chi connectivity index (χ3v) is 5.58. The fourth-order valence-electron chi connectivity index (χ4n) is 3.96. The second kappa shape index (κ2) is 8.93. The van der Waals surface area contributed by atoms with Crippen molar-refractivity contribution < 1.29 is 9.90 Å². The van der Waals surface area contributed by atoms with Gasteiger partial charge in [0.1, 0.15) is 5.75 Å². The lowest BCUT2D eigenvalue weighted by Crippen LogP contribution is -2.32. The number of piperidine rings is 1. The van der Waals surface area contributed by atoms with Crippen molar-refractivity contribution >= 4 is 11.6 Å². The molecule has 3 aromatic rings. The molecule has 4 nitrogen and oxygen atoms in total. The summed E-state index contributed by atoms with van der Waals surface area (Å²) in [4.78, 5) is 15.0. The van der Waals surface area contributed by atoms with Gasteiger partial charge in [0.25, 0.3) is 5.91 Å². The van der Waals surface area contributed by atoms with Crippen molar-refractivity contribution in [3.05, 3.63) is 95.6 Å². The van der Waals surface area contributed by atoms with Crippen molar-refractivity contribution in [3.8, 4) is 5.75 Å². The maximum absolute atomic E-state index is 12.5. The molecular weight excluding hydrogens is 360 g/mol. The maximum Gasteiger partial charge on any atom is 0.255 e. The van der Waals surface area contributed by atoms with Crippen LogP contribution in [0.2, 0.25) is 0 Å². The van der Waals surface area contributed by atoms with E-state index in [1.54, 1.807) is 12.1 Å². The molecule has 1 heterocycles. The van der Waals surface area contributed by atoms with Crippen molar-refractivity contribution in [3.63, 3.8) is 0 Å². The molecule has 1 aliphatic heterocycles. The summed E-state index contributed by atoms with van der Waals surface area (Å²) in [7, 11) is 0. The average Bonchev–Trinajstić information content (AvgIpc) is 2.76. The van der Waals surface area contributed by atoms with Crippen molar-refractivity contribution in [2.45, 2.75) is 25.3 Å². The van der Waals surface area contributed by atoms with Crippen LogP contribution in [0.15, 0.2) is 78.9 Å². The van der Waals surface area contributed by atoms with Gasteiger partial charge in [-0.25, -0.2) is 0 Å². The first kappa shape index (κ1) is 19.2. The van der Waals surface area contributed by atoms with Crippen LogP contribution < -0.4 is 5.32 Å². The lowest BCUT2D eigenvalue weighted by atomic mass is 9.89. The first-order valence-electron chi connectivity index (χ1n) is 10.1. The lowest BCUT2D eigenvalue weighted by molar-refractivity contribution is 0.102. The quantitative estimate of drug-likeness (QED) is 0.647. The van der Waals surface area contributed by atoms with Crippen LogP contribution in [0.3, 0.4) is 0 Å². The molecule has 148 valence electrons. The summed E-state index contributed by atoms with van der Waals surface area (Å²) in [6.07, 6.45) is 2.22. The summed E-state index contributed by atoms with van der Waals surface area (Å²) in [5.74, 6) is 0.793. The average molecular weight is 386 g/mol. The minimum atomic E-state index is -0.0795. The number of rotatable bonds is 5. The molecule has 0 unspecified atom stereocenters. The number of nitrogens with zero attached hydrogens (tertiary/aromatic N) is 1. The van der Waals surface area contributed by atoms with Crippen molar-refractivity contribution in [2.75, 3.05) is 18.4 Å². The number of nitrogens with one attached hydrogen (secondary N) is 1. The van der Waals surface area contributed by atoms with Crippen LogP contribution in [0.25, 0.3) is 0 Å². The van der Waals surface area contributed by atoms with Gasteiger partial charge in [0.05, 0.1) is 0 Å². The molecule has 1 amide bonds. The summed E-state index contributed by atoms with van der Waals surface area (Å²) in [6.45, 7) is 2.92. The summed E-state index contributed by atoms with van der Waals surface area (Å²) in [5.41, 5.74) is 3.96. The van der Waals surface area contributed by atoms with E-state index in [-0.39, 0.29) is 5.91 Å². The van der Waals surface area contributed by atoms with Crippen LogP contribution in [-0.2, 0) is 6.54 Å². The molecule has 4 rings (SSSR count). The highest BCUT2D eigenvalue weighted by atomic mass is 16.3. The Bertz CT molecular complexity index is 946. The SMILES string of the molecule is O=C(Nc1ccccc1)c1cccc(CN2CCC(c3ccc(O)cc3)CC2)c1. The van der Waals surface area contributed by atoms with Crippen molar-refractivity contribution in [1.29, 1.82) is 0 Å². The minimum Gasteiger partial charge on any atom is -0.508 e. The summed E-state index contributed by atoms with van der Waals surface area (Å²) < 4.78 is 0. The molecule has 0 aromatic heterocycles. The van der Waals surface area contributed by atoms with Gasteiger partial charge in [-0.3, -0.25) is 9.69 Å². The van der Waals surface area contributed by atoms with Crippen LogP contribution in [-0.4, -0.2) is 29.0 Å². The van der Waals surface area contributed by atoms with E-state index in [2.05, 4.69) is 16.3 Å². The number of carbonyl (C=O) groups excluding carboxylic acids is 1. The van der Waals surface area contributed by atoms with Gasteiger partial charge >= 0.3 is 0 Å². The Morgan fingerprint density at radius 1 is 0.931 bits per heavy atom. The second-order valence-electron chi connectivity index (χ2n) is 7.66. The molecule has 0 radical (unpaired) electrons. The van der Waals surface area contributed by atoms with Gasteiger partial charge in [-0.1, -0.05) is 42.5 Å². The maximum atomic E-state index is 12.5. The van der Waals surface area contributed by atoms with Gasteiger partial charge in [0, 0.05) is 17.8 Å². The van der Waals surface area contributed by atoms with Gasteiger partial charge in [0.15, 0.2) is 0 Å². The zero-order valence-electron chi connectivity index (χ0n) is 16.4. The highest BCUT2D eigenvalue weighted by Gasteiger charge is 2.21. The molecule has 1 aliphatic rings. The van der Waals surface area contributed by atoms with Gasteiger partial charge in [-0.15, -0.1) is 0 Å². The molecule has 1 fully saturated rings. The standard InChI is InChI=1S/C25H26N2O2/c28-24-11-9-20(10-12-24)21-13-15-27(16-14-21)18-19-5-4-6-22(17-19)25(29)26-23-7-2-1-3-8-23/h1-12,17,21,28H,13-16,18H2,(H,26,29). The smallest absolute Gasteiger partial charge is 0.255 e. The largest absolute Gasteiger partial charge is 0.508 e. The Balaban J connectivity index is 1.34. The molecule has 29 heavy (non-hydrogen) atoms. The molecule has 0 aliphatic carbocycles. The molecule has 0 spiro atoms. The Morgan fingerprint density at radius 3 is 2.38 bits per heavy atom. The highest BCUT2D eigenvalue weighted by molar-refractivity contribution is 6.04. The van der Waals surface area contributed by atoms with E-state index >= 15 is 0 Å². The van der Waals surface area contributed by atoms with E-state index in [0.717, 1.165) is 43.7 Å².